The minimum absolute atomic E-state index is 0.0209. The van der Waals surface area contributed by atoms with E-state index < -0.39 is 11.6 Å². The number of allylic oxidation sites excluding steroid dienone is 1. The Hall–Kier alpha value is -2.50. The molecular formula is C15H14O6. The molecule has 1 aromatic rings. The molecule has 1 heterocycles. The number of methoxy groups -OCH3 is 2. The summed E-state index contributed by atoms with van der Waals surface area (Å²) in [5, 5.41) is 10.0. The molecule has 0 saturated heterocycles. The number of esters is 1. The average molecular weight is 290 g/mol. The van der Waals surface area contributed by atoms with Crippen molar-refractivity contribution < 1.29 is 28.9 Å². The van der Waals surface area contributed by atoms with Crippen LogP contribution >= 0.6 is 0 Å². The Morgan fingerprint density at radius 3 is 2.57 bits per heavy atom. The summed E-state index contributed by atoms with van der Waals surface area (Å²) >= 11 is 0. The predicted octanol–water partition coefficient (Wildman–Crippen LogP) is 1.66. The molecule has 2 aliphatic rings. The van der Waals surface area contributed by atoms with Crippen molar-refractivity contribution in [2.75, 3.05) is 14.2 Å². The number of aromatic hydroxyl groups is 1. The van der Waals surface area contributed by atoms with Gasteiger partial charge in [-0.15, -0.1) is 0 Å². The molecule has 0 fully saturated rings. The molecule has 1 aliphatic carbocycles. The number of carbonyl (C=O) groups excluding carboxylic acids is 2. The first kappa shape index (κ1) is 13.5. The Morgan fingerprint density at radius 1 is 1.24 bits per heavy atom. The SMILES string of the molecule is COC1=C2c3cc(OC)cc(O)c3C(=O)O[C@]2(C)CC1=O. The predicted molar refractivity (Wildman–Crippen MR) is 72.0 cm³/mol. The highest BCUT2D eigenvalue weighted by atomic mass is 16.6. The van der Waals surface area contributed by atoms with E-state index in [0.717, 1.165) is 0 Å². The normalized spacial score (nSPS) is 23.6. The van der Waals surface area contributed by atoms with Crippen LogP contribution in [0.2, 0.25) is 0 Å². The Morgan fingerprint density at radius 2 is 1.95 bits per heavy atom. The number of phenols is 1. The lowest BCUT2D eigenvalue weighted by molar-refractivity contribution is -0.119. The number of Topliss-reactive ketones (excluding diaryl/α,β-unsaturated/α-hetero) is 1. The third-order valence-electron chi connectivity index (χ3n) is 3.83. The summed E-state index contributed by atoms with van der Waals surface area (Å²) in [6.45, 7) is 1.66. The van der Waals surface area contributed by atoms with Gasteiger partial charge >= 0.3 is 5.97 Å². The van der Waals surface area contributed by atoms with E-state index in [1.807, 2.05) is 0 Å². The smallest absolute Gasteiger partial charge is 0.343 e. The molecule has 6 nitrogen and oxygen atoms in total. The van der Waals surface area contributed by atoms with Gasteiger partial charge in [0, 0.05) is 17.2 Å². The summed E-state index contributed by atoms with van der Waals surface area (Å²) in [5.41, 5.74) is -0.176. The van der Waals surface area contributed by atoms with Crippen LogP contribution in [0.3, 0.4) is 0 Å². The first-order valence-electron chi connectivity index (χ1n) is 6.38. The lowest BCUT2D eigenvalue weighted by Gasteiger charge is -2.33. The summed E-state index contributed by atoms with van der Waals surface area (Å²) in [6, 6.07) is 2.92. The second-order valence-corrected chi connectivity index (χ2v) is 5.20. The van der Waals surface area contributed by atoms with Crippen molar-refractivity contribution in [2.45, 2.75) is 18.9 Å². The quantitative estimate of drug-likeness (QED) is 0.834. The minimum Gasteiger partial charge on any atom is -0.507 e. The number of phenolic OH excluding ortho intramolecular Hbond substituents is 1. The molecule has 0 aromatic heterocycles. The largest absolute Gasteiger partial charge is 0.507 e. The number of carbonyl (C=O) groups is 2. The Labute approximate surface area is 120 Å². The van der Waals surface area contributed by atoms with Crippen molar-refractivity contribution in [1.29, 1.82) is 0 Å². The number of hydrogen-bond acceptors (Lipinski definition) is 6. The van der Waals surface area contributed by atoms with Crippen LogP contribution in [0.25, 0.3) is 5.57 Å². The molecule has 0 amide bonds. The molecule has 21 heavy (non-hydrogen) atoms. The Kier molecular flexibility index (Phi) is 2.73. The molecule has 6 heteroatoms. The summed E-state index contributed by atoms with van der Waals surface area (Å²) < 4.78 is 15.7. The van der Waals surface area contributed by atoms with E-state index in [1.165, 1.54) is 20.3 Å². The van der Waals surface area contributed by atoms with Crippen LogP contribution in [0.5, 0.6) is 11.5 Å². The standard InChI is InChI=1S/C15H14O6/c1-15-6-10(17)13(20-3)12(15)8-4-7(19-2)5-9(16)11(8)14(18)21-15/h4-5,16H,6H2,1-3H3/t15-/m1/s1. The van der Waals surface area contributed by atoms with Crippen LogP contribution in [0.15, 0.2) is 17.9 Å². The molecule has 110 valence electrons. The molecule has 1 N–H and O–H groups in total. The summed E-state index contributed by atoms with van der Waals surface area (Å²) in [5.74, 6) is -0.622. The Bertz CT molecular complexity index is 702. The fourth-order valence-electron chi connectivity index (χ4n) is 2.95. The first-order chi connectivity index (χ1) is 9.91. The van der Waals surface area contributed by atoms with Crippen LogP contribution in [0.4, 0.5) is 0 Å². The number of benzene rings is 1. The number of rotatable bonds is 2. The second kappa shape index (κ2) is 4.25. The monoisotopic (exact) mass is 290 g/mol. The molecule has 0 radical (unpaired) electrons. The third-order valence-corrected chi connectivity index (χ3v) is 3.83. The number of ether oxygens (including phenoxy) is 3. The first-order valence-corrected chi connectivity index (χ1v) is 6.38. The van der Waals surface area contributed by atoms with Crippen LogP contribution < -0.4 is 4.74 Å². The molecule has 0 saturated carbocycles. The molecule has 3 rings (SSSR count). The van der Waals surface area contributed by atoms with Gasteiger partial charge in [-0.25, -0.2) is 4.79 Å². The van der Waals surface area contributed by atoms with E-state index in [4.69, 9.17) is 14.2 Å². The van der Waals surface area contributed by atoms with Gasteiger partial charge in [-0.3, -0.25) is 4.79 Å². The van der Waals surface area contributed by atoms with Gasteiger partial charge in [-0.2, -0.15) is 0 Å². The third kappa shape index (κ3) is 1.72. The van der Waals surface area contributed by atoms with Gasteiger partial charge in [-0.1, -0.05) is 0 Å². The lowest BCUT2D eigenvalue weighted by atomic mass is 9.85. The highest BCUT2D eigenvalue weighted by molar-refractivity contribution is 6.14. The van der Waals surface area contributed by atoms with Crippen molar-refractivity contribution in [3.63, 3.8) is 0 Å². The average Bonchev–Trinajstić information content (AvgIpc) is 2.67. The Balaban J connectivity index is 2.37. The maximum Gasteiger partial charge on any atom is 0.343 e. The molecule has 1 aromatic carbocycles. The fourth-order valence-corrected chi connectivity index (χ4v) is 2.95. The van der Waals surface area contributed by atoms with Crippen molar-refractivity contribution in [1.82, 2.24) is 0 Å². The van der Waals surface area contributed by atoms with Gasteiger partial charge in [0.05, 0.1) is 20.6 Å². The van der Waals surface area contributed by atoms with Crippen molar-refractivity contribution in [2.24, 2.45) is 0 Å². The molecular weight excluding hydrogens is 276 g/mol. The highest BCUT2D eigenvalue weighted by Gasteiger charge is 2.51. The minimum atomic E-state index is -1.08. The molecule has 1 aliphatic heterocycles. The number of fused-ring (bicyclic) bond motifs is 3. The van der Waals surface area contributed by atoms with Gasteiger partial charge in [0.15, 0.2) is 5.76 Å². The van der Waals surface area contributed by atoms with Gasteiger partial charge in [-0.05, 0) is 13.0 Å². The van der Waals surface area contributed by atoms with Crippen molar-refractivity contribution in [3.8, 4) is 11.5 Å². The van der Waals surface area contributed by atoms with Crippen LogP contribution in [-0.4, -0.2) is 36.7 Å². The fraction of sp³-hybridized carbons (Fsp3) is 0.333. The van der Waals surface area contributed by atoms with E-state index >= 15 is 0 Å². The van der Waals surface area contributed by atoms with Gasteiger partial charge < -0.3 is 19.3 Å². The zero-order chi connectivity index (χ0) is 15.4. The summed E-state index contributed by atoms with van der Waals surface area (Å²) in [7, 11) is 2.84. The number of ketones is 1. The molecule has 1 atom stereocenters. The van der Waals surface area contributed by atoms with E-state index in [-0.39, 0.29) is 29.3 Å². The van der Waals surface area contributed by atoms with Crippen LogP contribution in [0.1, 0.15) is 29.3 Å². The van der Waals surface area contributed by atoms with E-state index in [0.29, 0.717) is 16.9 Å². The van der Waals surface area contributed by atoms with Crippen molar-refractivity contribution >= 4 is 17.3 Å². The highest BCUT2D eigenvalue weighted by Crippen LogP contribution is 2.50. The lowest BCUT2D eigenvalue weighted by Crippen LogP contribution is -2.36. The van der Waals surface area contributed by atoms with Gasteiger partial charge in [0.1, 0.15) is 22.7 Å². The molecule has 0 spiro atoms. The topological polar surface area (TPSA) is 82.1 Å². The van der Waals surface area contributed by atoms with Crippen LogP contribution in [-0.2, 0) is 14.3 Å². The zero-order valence-corrected chi connectivity index (χ0v) is 11.9. The van der Waals surface area contributed by atoms with Gasteiger partial charge in [0.2, 0.25) is 5.78 Å². The summed E-state index contributed by atoms with van der Waals surface area (Å²) in [6.07, 6.45) is 0.0225. The summed E-state index contributed by atoms with van der Waals surface area (Å²) in [4.78, 5) is 24.2. The van der Waals surface area contributed by atoms with Crippen LogP contribution in [0, 0.1) is 0 Å². The molecule has 0 bridgehead atoms. The van der Waals surface area contributed by atoms with Crippen molar-refractivity contribution in [3.05, 3.63) is 29.0 Å². The number of hydrogen-bond donors (Lipinski definition) is 1. The van der Waals surface area contributed by atoms with E-state index in [9.17, 15) is 14.7 Å². The van der Waals surface area contributed by atoms with Gasteiger partial charge in [0.25, 0.3) is 0 Å². The second-order valence-electron chi connectivity index (χ2n) is 5.20. The zero-order valence-electron chi connectivity index (χ0n) is 11.9. The van der Waals surface area contributed by atoms with E-state index in [1.54, 1.807) is 13.0 Å². The molecule has 0 unspecified atom stereocenters. The maximum atomic E-state index is 12.2. The maximum absolute atomic E-state index is 12.2. The van der Waals surface area contributed by atoms with E-state index in [2.05, 4.69) is 0 Å².